The fraction of sp³-hybridized carbons (Fsp3) is 0.423. The molecule has 10 nitrogen and oxygen atoms in total. The van der Waals surface area contributed by atoms with Gasteiger partial charge >= 0.3 is 5.69 Å². The van der Waals surface area contributed by atoms with Crippen LogP contribution in [0.5, 0.6) is 0 Å². The number of nitrogens with two attached hydrogens (primary N) is 1. The molecule has 1 atom stereocenters. The Morgan fingerprint density at radius 1 is 1.14 bits per heavy atom. The molecule has 186 valence electrons. The normalized spacial score (nSPS) is 15.9. The monoisotopic (exact) mass is 486 g/mol. The number of rotatable bonds is 4. The number of piperidine rings is 1. The van der Waals surface area contributed by atoms with Crippen LogP contribution < -0.4 is 21.9 Å². The van der Waals surface area contributed by atoms with Gasteiger partial charge in [0.05, 0.1) is 18.6 Å². The number of aromatic nitrogens is 6. The maximum absolute atomic E-state index is 13.8. The van der Waals surface area contributed by atoms with Crippen LogP contribution in [0.1, 0.15) is 36.8 Å². The summed E-state index contributed by atoms with van der Waals surface area (Å²) >= 11 is 0. The number of anilines is 1. The number of fused-ring (bicyclic) bond motifs is 2. The van der Waals surface area contributed by atoms with Crippen LogP contribution in [0.25, 0.3) is 22.1 Å². The molecular formula is C26H30N8O2. The van der Waals surface area contributed by atoms with Crippen molar-refractivity contribution in [2.75, 3.05) is 18.0 Å². The SMILES string of the molecule is CC#CCn1c(N2CCCC(N)C2)nc2c1c(=O)n(Cc1nc(C)c3c(C)cccc3n1)c(=O)n2C. The van der Waals surface area contributed by atoms with Crippen molar-refractivity contribution in [3.05, 3.63) is 56.1 Å². The molecule has 0 aliphatic carbocycles. The zero-order chi connectivity index (χ0) is 25.6. The van der Waals surface area contributed by atoms with Gasteiger partial charge in [0, 0.05) is 37.3 Å². The molecule has 1 unspecified atom stereocenters. The molecule has 4 heterocycles. The van der Waals surface area contributed by atoms with Gasteiger partial charge in [0.15, 0.2) is 11.2 Å². The van der Waals surface area contributed by atoms with Gasteiger partial charge in [0.2, 0.25) is 5.95 Å². The molecule has 2 N–H and O–H groups in total. The molecule has 1 fully saturated rings. The van der Waals surface area contributed by atoms with Crippen molar-refractivity contribution in [2.45, 2.75) is 52.7 Å². The molecule has 1 aliphatic heterocycles. The minimum atomic E-state index is -0.466. The van der Waals surface area contributed by atoms with E-state index in [1.165, 1.54) is 9.13 Å². The Morgan fingerprint density at radius 3 is 2.69 bits per heavy atom. The second kappa shape index (κ2) is 9.24. The van der Waals surface area contributed by atoms with E-state index < -0.39 is 11.2 Å². The van der Waals surface area contributed by atoms with E-state index in [0.29, 0.717) is 29.5 Å². The first-order chi connectivity index (χ1) is 17.3. The molecule has 0 bridgehead atoms. The Morgan fingerprint density at radius 2 is 1.94 bits per heavy atom. The van der Waals surface area contributed by atoms with Gasteiger partial charge in [0.1, 0.15) is 5.82 Å². The van der Waals surface area contributed by atoms with Crippen LogP contribution in [-0.2, 0) is 20.1 Å². The summed E-state index contributed by atoms with van der Waals surface area (Å²) < 4.78 is 4.40. The van der Waals surface area contributed by atoms with Gasteiger partial charge < -0.3 is 10.6 Å². The Bertz CT molecular complexity index is 1670. The number of hydrogen-bond acceptors (Lipinski definition) is 7. The molecule has 0 radical (unpaired) electrons. The van der Waals surface area contributed by atoms with Crippen molar-refractivity contribution in [3.63, 3.8) is 0 Å². The summed E-state index contributed by atoms with van der Waals surface area (Å²) in [5, 5.41) is 0.984. The van der Waals surface area contributed by atoms with Crippen molar-refractivity contribution in [1.82, 2.24) is 28.7 Å². The zero-order valence-corrected chi connectivity index (χ0v) is 21.1. The van der Waals surface area contributed by atoms with E-state index in [2.05, 4.69) is 26.7 Å². The lowest BCUT2D eigenvalue weighted by molar-refractivity contribution is 0.496. The fourth-order valence-electron chi connectivity index (χ4n) is 5.08. The zero-order valence-electron chi connectivity index (χ0n) is 21.1. The highest BCUT2D eigenvalue weighted by Gasteiger charge is 2.26. The second-order valence-electron chi connectivity index (χ2n) is 9.37. The van der Waals surface area contributed by atoms with E-state index >= 15 is 0 Å². The van der Waals surface area contributed by atoms with Gasteiger partial charge in [-0.15, -0.1) is 5.92 Å². The van der Waals surface area contributed by atoms with E-state index in [4.69, 9.17) is 10.7 Å². The first-order valence-corrected chi connectivity index (χ1v) is 12.1. The van der Waals surface area contributed by atoms with Crippen LogP contribution in [0.15, 0.2) is 27.8 Å². The number of hydrogen-bond donors (Lipinski definition) is 1. The number of imidazole rings is 1. The van der Waals surface area contributed by atoms with Gasteiger partial charge in [0.25, 0.3) is 5.56 Å². The molecule has 0 spiro atoms. The van der Waals surface area contributed by atoms with Crippen LogP contribution in [0.4, 0.5) is 5.95 Å². The van der Waals surface area contributed by atoms with Crippen molar-refractivity contribution in [1.29, 1.82) is 0 Å². The van der Waals surface area contributed by atoms with E-state index in [9.17, 15) is 9.59 Å². The van der Waals surface area contributed by atoms with E-state index in [-0.39, 0.29) is 19.1 Å². The van der Waals surface area contributed by atoms with Gasteiger partial charge in [-0.05, 0) is 45.2 Å². The summed E-state index contributed by atoms with van der Waals surface area (Å²) in [7, 11) is 1.63. The summed E-state index contributed by atoms with van der Waals surface area (Å²) in [4.78, 5) is 43.2. The van der Waals surface area contributed by atoms with Crippen LogP contribution in [-0.4, -0.2) is 47.8 Å². The number of aryl methyl sites for hydroxylation is 3. The van der Waals surface area contributed by atoms with E-state index in [0.717, 1.165) is 41.5 Å². The van der Waals surface area contributed by atoms with E-state index in [1.54, 1.807) is 18.5 Å². The van der Waals surface area contributed by atoms with Gasteiger partial charge in [-0.3, -0.25) is 18.5 Å². The predicted molar refractivity (Wildman–Crippen MR) is 140 cm³/mol. The van der Waals surface area contributed by atoms with Crippen LogP contribution in [0.3, 0.4) is 0 Å². The van der Waals surface area contributed by atoms with Crippen molar-refractivity contribution in [2.24, 2.45) is 12.8 Å². The largest absolute Gasteiger partial charge is 0.341 e. The van der Waals surface area contributed by atoms with E-state index in [1.807, 2.05) is 32.0 Å². The van der Waals surface area contributed by atoms with Crippen molar-refractivity contribution >= 4 is 28.0 Å². The Balaban J connectivity index is 1.69. The molecule has 4 aromatic rings. The summed E-state index contributed by atoms with van der Waals surface area (Å²) in [6.07, 6.45) is 1.88. The Labute approximate surface area is 208 Å². The summed E-state index contributed by atoms with van der Waals surface area (Å²) in [6, 6.07) is 5.90. The molecular weight excluding hydrogens is 456 g/mol. The average Bonchev–Trinajstić information content (AvgIpc) is 3.23. The molecule has 1 saturated heterocycles. The number of benzene rings is 1. The highest BCUT2D eigenvalue weighted by molar-refractivity contribution is 5.84. The third kappa shape index (κ3) is 3.95. The lowest BCUT2D eigenvalue weighted by atomic mass is 10.1. The summed E-state index contributed by atoms with van der Waals surface area (Å²) in [5.41, 5.74) is 8.67. The lowest BCUT2D eigenvalue weighted by Gasteiger charge is -2.31. The summed E-state index contributed by atoms with van der Waals surface area (Å²) in [5.74, 6) is 6.97. The average molecular weight is 487 g/mol. The molecule has 0 saturated carbocycles. The highest BCUT2D eigenvalue weighted by atomic mass is 16.2. The number of nitrogens with zero attached hydrogens (tertiary/aromatic N) is 7. The van der Waals surface area contributed by atoms with Crippen molar-refractivity contribution in [3.8, 4) is 11.8 Å². The Kier molecular flexibility index (Phi) is 6.10. The molecule has 3 aromatic heterocycles. The fourth-order valence-corrected chi connectivity index (χ4v) is 5.08. The van der Waals surface area contributed by atoms with Crippen molar-refractivity contribution < 1.29 is 0 Å². The molecule has 5 rings (SSSR count). The maximum Gasteiger partial charge on any atom is 0.332 e. The molecule has 36 heavy (non-hydrogen) atoms. The molecule has 10 heteroatoms. The third-order valence-electron chi connectivity index (χ3n) is 6.83. The van der Waals surface area contributed by atoms with Gasteiger partial charge in [-0.25, -0.2) is 14.8 Å². The standard InChI is InChI=1S/C26H30N8O2/c1-5-6-13-33-22-23(30-25(33)32-12-8-10-18(27)14-32)31(4)26(36)34(24(22)35)15-20-28-17(3)21-16(2)9-7-11-19(21)29-20/h7,9,11,18H,8,10,12-15,27H2,1-4H3. The smallest absolute Gasteiger partial charge is 0.332 e. The quantitative estimate of drug-likeness (QED) is 0.434. The van der Waals surface area contributed by atoms with Crippen LogP contribution in [0, 0.1) is 25.7 Å². The first kappa shape index (κ1) is 23.8. The van der Waals surface area contributed by atoms with Crippen LogP contribution in [0.2, 0.25) is 0 Å². The highest BCUT2D eigenvalue weighted by Crippen LogP contribution is 2.23. The van der Waals surface area contributed by atoms with Gasteiger partial charge in [-0.1, -0.05) is 18.1 Å². The first-order valence-electron chi connectivity index (χ1n) is 12.1. The maximum atomic E-state index is 13.8. The minimum absolute atomic E-state index is 0.0293. The van der Waals surface area contributed by atoms with Gasteiger partial charge in [-0.2, -0.15) is 4.98 Å². The minimum Gasteiger partial charge on any atom is -0.341 e. The second-order valence-corrected chi connectivity index (χ2v) is 9.37. The topological polar surface area (TPSA) is 117 Å². The lowest BCUT2D eigenvalue weighted by Crippen LogP contribution is -2.44. The molecule has 1 aliphatic rings. The summed E-state index contributed by atoms with van der Waals surface area (Å²) in [6.45, 7) is 7.34. The molecule has 1 aromatic carbocycles. The predicted octanol–water partition coefficient (Wildman–Crippen LogP) is 1.46. The molecule has 0 amide bonds. The third-order valence-corrected chi connectivity index (χ3v) is 6.83. The Hall–Kier alpha value is -3.97. The van der Waals surface area contributed by atoms with Crippen LogP contribution >= 0.6 is 0 Å².